The maximum atomic E-state index is 12.1. The van der Waals surface area contributed by atoms with Crippen molar-refractivity contribution < 1.29 is 9.90 Å². The first-order valence-corrected chi connectivity index (χ1v) is 6.71. The van der Waals surface area contributed by atoms with Crippen molar-refractivity contribution in [3.05, 3.63) is 30.2 Å². The van der Waals surface area contributed by atoms with Gasteiger partial charge in [-0.3, -0.25) is 4.79 Å². The molecule has 100 valence electrons. The van der Waals surface area contributed by atoms with E-state index in [0.717, 1.165) is 12.8 Å². The van der Waals surface area contributed by atoms with Crippen LogP contribution in [0.5, 0.6) is 5.75 Å². The molecule has 19 heavy (non-hydrogen) atoms. The van der Waals surface area contributed by atoms with Crippen LogP contribution in [0.25, 0.3) is 5.65 Å². The molecule has 0 aromatic carbocycles. The molecule has 5 heteroatoms. The van der Waals surface area contributed by atoms with Crippen molar-refractivity contribution in [2.24, 2.45) is 0 Å². The third-order valence-electron chi connectivity index (χ3n) is 3.64. The van der Waals surface area contributed by atoms with Gasteiger partial charge in [-0.2, -0.15) is 0 Å². The molecule has 3 rings (SSSR count). The average molecular weight is 259 g/mol. The van der Waals surface area contributed by atoms with Crippen molar-refractivity contribution in [2.45, 2.75) is 38.1 Å². The minimum Gasteiger partial charge on any atom is -0.504 e. The van der Waals surface area contributed by atoms with Gasteiger partial charge >= 0.3 is 0 Å². The second kappa shape index (κ2) is 4.91. The van der Waals surface area contributed by atoms with Crippen LogP contribution in [0.1, 0.15) is 42.6 Å². The van der Waals surface area contributed by atoms with E-state index in [1.54, 1.807) is 28.9 Å². The van der Waals surface area contributed by atoms with Gasteiger partial charge in [0.05, 0.1) is 0 Å². The summed E-state index contributed by atoms with van der Waals surface area (Å²) in [5.41, 5.74) is 0.767. The Bertz CT molecular complexity index is 600. The number of amides is 1. The summed E-state index contributed by atoms with van der Waals surface area (Å²) in [4.78, 5) is 16.3. The number of carbonyl (C=O) groups is 1. The Morgan fingerprint density at radius 1 is 1.37 bits per heavy atom. The predicted octanol–water partition coefficient (Wildman–Crippen LogP) is 2.10. The number of hydrogen-bond donors (Lipinski definition) is 2. The Morgan fingerprint density at radius 2 is 2.16 bits per heavy atom. The molecular formula is C14H17N3O2. The Morgan fingerprint density at radius 3 is 2.89 bits per heavy atom. The van der Waals surface area contributed by atoms with Crippen LogP contribution in [0.3, 0.4) is 0 Å². The summed E-state index contributed by atoms with van der Waals surface area (Å²) in [5, 5.41) is 12.7. The van der Waals surface area contributed by atoms with Crippen molar-refractivity contribution in [1.82, 2.24) is 14.7 Å². The molecule has 5 nitrogen and oxygen atoms in total. The van der Waals surface area contributed by atoms with Crippen LogP contribution in [0.4, 0.5) is 0 Å². The zero-order valence-corrected chi connectivity index (χ0v) is 10.7. The lowest BCUT2D eigenvalue weighted by Crippen LogP contribution is -2.36. The third-order valence-corrected chi connectivity index (χ3v) is 3.64. The monoisotopic (exact) mass is 259 g/mol. The van der Waals surface area contributed by atoms with Crippen LogP contribution < -0.4 is 5.32 Å². The van der Waals surface area contributed by atoms with E-state index >= 15 is 0 Å². The molecule has 2 aromatic rings. The van der Waals surface area contributed by atoms with Crippen LogP contribution in [-0.2, 0) is 0 Å². The smallest absolute Gasteiger partial charge is 0.271 e. The van der Waals surface area contributed by atoms with E-state index in [1.165, 1.54) is 19.3 Å². The summed E-state index contributed by atoms with van der Waals surface area (Å²) in [5.74, 6) is -0.0748. The maximum absolute atomic E-state index is 12.1. The molecule has 0 radical (unpaired) electrons. The highest BCUT2D eigenvalue weighted by molar-refractivity contribution is 5.93. The van der Waals surface area contributed by atoms with Crippen LogP contribution >= 0.6 is 0 Å². The van der Waals surface area contributed by atoms with Gasteiger partial charge in [0.25, 0.3) is 5.91 Å². The lowest BCUT2D eigenvalue weighted by molar-refractivity contribution is 0.0923. The first-order chi connectivity index (χ1) is 9.24. The van der Waals surface area contributed by atoms with Gasteiger partial charge in [-0.15, -0.1) is 0 Å². The molecule has 0 spiro atoms. The number of nitrogens with one attached hydrogen (secondary N) is 1. The predicted molar refractivity (Wildman–Crippen MR) is 71.2 cm³/mol. The molecule has 1 fully saturated rings. The molecule has 2 heterocycles. The Hall–Kier alpha value is -2.04. The van der Waals surface area contributed by atoms with Crippen LogP contribution in [0, 0.1) is 0 Å². The molecule has 0 saturated heterocycles. The second-order valence-electron chi connectivity index (χ2n) is 5.06. The number of pyridine rings is 1. The number of carbonyl (C=O) groups excluding carboxylic acids is 1. The first-order valence-electron chi connectivity index (χ1n) is 6.71. The highest BCUT2D eigenvalue weighted by atomic mass is 16.3. The molecule has 1 aliphatic rings. The zero-order valence-electron chi connectivity index (χ0n) is 10.7. The van der Waals surface area contributed by atoms with Gasteiger partial charge in [0.1, 0.15) is 5.69 Å². The molecular weight excluding hydrogens is 242 g/mol. The van der Waals surface area contributed by atoms with Crippen molar-refractivity contribution in [3.63, 3.8) is 0 Å². The van der Waals surface area contributed by atoms with Crippen LogP contribution in [-0.4, -0.2) is 26.4 Å². The lowest BCUT2D eigenvalue weighted by atomic mass is 9.95. The normalized spacial score (nSPS) is 16.6. The number of aromatic nitrogens is 2. The average Bonchev–Trinajstić information content (AvgIpc) is 2.85. The second-order valence-corrected chi connectivity index (χ2v) is 5.06. The molecule has 1 saturated carbocycles. The number of hydrogen-bond acceptors (Lipinski definition) is 3. The lowest BCUT2D eigenvalue weighted by Gasteiger charge is -2.22. The topological polar surface area (TPSA) is 66.6 Å². The molecule has 1 aliphatic carbocycles. The molecule has 1 amide bonds. The van der Waals surface area contributed by atoms with Gasteiger partial charge in [-0.1, -0.05) is 19.3 Å². The zero-order chi connectivity index (χ0) is 13.2. The fourth-order valence-electron chi connectivity index (χ4n) is 2.61. The van der Waals surface area contributed by atoms with Gasteiger partial charge < -0.3 is 14.8 Å². The van der Waals surface area contributed by atoms with Gasteiger partial charge in [0.2, 0.25) is 0 Å². The van der Waals surface area contributed by atoms with Crippen molar-refractivity contribution in [3.8, 4) is 5.75 Å². The minimum atomic E-state index is -0.157. The maximum Gasteiger partial charge on any atom is 0.271 e. The number of imidazole rings is 1. The Balaban J connectivity index is 1.79. The van der Waals surface area contributed by atoms with Crippen LogP contribution in [0.15, 0.2) is 24.5 Å². The van der Waals surface area contributed by atoms with Crippen LogP contribution in [0.2, 0.25) is 0 Å². The van der Waals surface area contributed by atoms with E-state index in [0.29, 0.717) is 11.3 Å². The quantitative estimate of drug-likeness (QED) is 0.868. The summed E-state index contributed by atoms with van der Waals surface area (Å²) in [6, 6.07) is 3.54. The first kappa shape index (κ1) is 12.0. The highest BCUT2D eigenvalue weighted by Gasteiger charge is 2.18. The largest absolute Gasteiger partial charge is 0.504 e. The number of nitrogens with zero attached hydrogens (tertiary/aromatic N) is 2. The number of aromatic hydroxyl groups is 1. The summed E-state index contributed by atoms with van der Waals surface area (Å²) < 4.78 is 1.66. The van der Waals surface area contributed by atoms with E-state index in [2.05, 4.69) is 10.3 Å². The molecule has 0 bridgehead atoms. The summed E-state index contributed by atoms with van der Waals surface area (Å²) in [6.07, 6.45) is 9.11. The van der Waals surface area contributed by atoms with Crippen molar-refractivity contribution in [2.75, 3.05) is 0 Å². The molecule has 0 unspecified atom stereocenters. The molecule has 2 aromatic heterocycles. The molecule has 0 atom stereocenters. The standard InChI is InChI=1S/C14H17N3O2/c18-12-7-4-8-17-9-11(16-13(12)17)14(19)15-10-5-2-1-3-6-10/h4,7-10,18H,1-3,5-6H2,(H,15,19). The van der Waals surface area contributed by atoms with Crippen molar-refractivity contribution in [1.29, 1.82) is 0 Å². The fraction of sp³-hybridized carbons (Fsp3) is 0.429. The fourth-order valence-corrected chi connectivity index (χ4v) is 2.61. The van der Waals surface area contributed by atoms with Gasteiger partial charge in [0, 0.05) is 18.4 Å². The van der Waals surface area contributed by atoms with E-state index < -0.39 is 0 Å². The summed E-state index contributed by atoms with van der Waals surface area (Å²) in [6.45, 7) is 0. The van der Waals surface area contributed by atoms with E-state index in [9.17, 15) is 9.90 Å². The Kier molecular flexibility index (Phi) is 3.11. The molecule has 2 N–H and O–H groups in total. The van der Waals surface area contributed by atoms with Gasteiger partial charge in [0.15, 0.2) is 11.4 Å². The van der Waals surface area contributed by atoms with E-state index in [1.807, 2.05) is 0 Å². The number of rotatable bonds is 2. The summed E-state index contributed by atoms with van der Waals surface area (Å²) in [7, 11) is 0. The third kappa shape index (κ3) is 2.41. The Labute approximate surface area is 111 Å². The number of fused-ring (bicyclic) bond motifs is 1. The molecule has 0 aliphatic heterocycles. The van der Waals surface area contributed by atoms with E-state index in [4.69, 9.17) is 0 Å². The highest BCUT2D eigenvalue weighted by Crippen LogP contribution is 2.19. The van der Waals surface area contributed by atoms with Gasteiger partial charge in [-0.25, -0.2) is 4.98 Å². The SMILES string of the molecule is O=C(NC1CCCCC1)c1cn2cccc(O)c2n1. The van der Waals surface area contributed by atoms with Crippen molar-refractivity contribution >= 4 is 11.6 Å². The minimum absolute atomic E-state index is 0.0826. The van der Waals surface area contributed by atoms with Gasteiger partial charge in [-0.05, 0) is 25.0 Å². The van der Waals surface area contributed by atoms with E-state index in [-0.39, 0.29) is 17.7 Å². The summed E-state index contributed by atoms with van der Waals surface area (Å²) >= 11 is 0.